The normalized spacial score (nSPS) is 14.9. The van der Waals surface area contributed by atoms with Crippen molar-refractivity contribution in [3.8, 4) is 22.9 Å². The van der Waals surface area contributed by atoms with Gasteiger partial charge in [-0.3, -0.25) is 9.88 Å². The van der Waals surface area contributed by atoms with Crippen molar-refractivity contribution in [2.24, 2.45) is 0 Å². The Hall–Kier alpha value is -3.75. The molecule has 186 valence electrons. The molecule has 36 heavy (non-hydrogen) atoms. The minimum absolute atomic E-state index is 0.0917. The number of nitrogens with one attached hydrogen (secondary N) is 1. The first-order valence-electron chi connectivity index (χ1n) is 12.3. The summed E-state index contributed by atoms with van der Waals surface area (Å²) in [4.78, 5) is 16.4. The first-order chi connectivity index (χ1) is 17.8. The van der Waals surface area contributed by atoms with E-state index in [-0.39, 0.29) is 6.04 Å². The van der Waals surface area contributed by atoms with Crippen molar-refractivity contribution < 1.29 is 14.2 Å². The lowest BCUT2D eigenvalue weighted by atomic mass is 10.0. The Morgan fingerprint density at radius 2 is 1.89 bits per heavy atom. The van der Waals surface area contributed by atoms with Gasteiger partial charge < -0.3 is 19.5 Å². The van der Waals surface area contributed by atoms with E-state index in [4.69, 9.17) is 24.2 Å². The first-order valence-corrected chi connectivity index (χ1v) is 12.3. The zero-order chi connectivity index (χ0) is 24.7. The molecule has 1 atom stereocenters. The third kappa shape index (κ3) is 5.24. The molecule has 2 aromatic carbocycles. The van der Waals surface area contributed by atoms with Crippen molar-refractivity contribution in [2.75, 3.05) is 51.9 Å². The van der Waals surface area contributed by atoms with Crippen LogP contribution in [0.5, 0.6) is 11.5 Å². The third-order valence-corrected chi connectivity index (χ3v) is 6.34. The van der Waals surface area contributed by atoms with E-state index in [1.807, 2.05) is 49.4 Å². The zero-order valence-corrected chi connectivity index (χ0v) is 20.7. The number of ether oxygens (including phenoxy) is 3. The van der Waals surface area contributed by atoms with Crippen LogP contribution in [0.1, 0.15) is 18.5 Å². The smallest absolute Gasteiger partial charge is 0.163 e. The number of para-hydroxylation sites is 1. The summed E-state index contributed by atoms with van der Waals surface area (Å²) in [7, 11) is 1.68. The maximum Gasteiger partial charge on any atom is 0.163 e. The predicted octanol–water partition coefficient (Wildman–Crippen LogP) is 4.58. The number of rotatable bonds is 9. The second-order valence-electron chi connectivity index (χ2n) is 8.54. The molecule has 4 aromatic rings. The van der Waals surface area contributed by atoms with Crippen LogP contribution in [0, 0.1) is 0 Å². The lowest BCUT2D eigenvalue weighted by Gasteiger charge is -2.35. The van der Waals surface area contributed by atoms with Crippen LogP contribution in [0.15, 0.2) is 67.0 Å². The van der Waals surface area contributed by atoms with Crippen LogP contribution in [0.4, 0.5) is 5.82 Å². The Kier molecular flexibility index (Phi) is 7.54. The van der Waals surface area contributed by atoms with E-state index in [0.717, 1.165) is 52.4 Å². The van der Waals surface area contributed by atoms with Gasteiger partial charge in [-0.25, -0.2) is 9.97 Å². The molecule has 0 bridgehead atoms. The molecule has 0 amide bonds. The standard InChI is InChI=1S/C28H31N5O3/c1-3-36-25-11-10-20(17-26(25)34-2)24(33-13-15-35-16-14-33)19-30-28-22-8-4-5-9-23(22)31-27(32-28)21-7-6-12-29-18-21/h4-12,17-18,24H,3,13-16,19H2,1-2H3,(H,30,31,32). The minimum atomic E-state index is 0.0917. The summed E-state index contributed by atoms with van der Waals surface area (Å²) in [6, 6.07) is 18.2. The van der Waals surface area contributed by atoms with Gasteiger partial charge in [0.25, 0.3) is 0 Å². The molecule has 1 N–H and O–H groups in total. The number of nitrogens with zero attached hydrogens (tertiary/aromatic N) is 4. The summed E-state index contributed by atoms with van der Waals surface area (Å²) in [5.41, 5.74) is 2.92. The molecule has 0 radical (unpaired) electrons. The quantitative estimate of drug-likeness (QED) is 0.369. The topological polar surface area (TPSA) is 81.6 Å². The Morgan fingerprint density at radius 1 is 1.03 bits per heavy atom. The number of hydrogen-bond donors (Lipinski definition) is 1. The zero-order valence-electron chi connectivity index (χ0n) is 20.7. The molecule has 0 saturated carbocycles. The number of morpholine rings is 1. The number of aromatic nitrogens is 3. The van der Waals surface area contributed by atoms with E-state index in [2.05, 4.69) is 27.3 Å². The number of fused-ring (bicyclic) bond motifs is 1. The number of hydrogen-bond acceptors (Lipinski definition) is 8. The van der Waals surface area contributed by atoms with Gasteiger partial charge in [-0.15, -0.1) is 0 Å². The Morgan fingerprint density at radius 3 is 2.67 bits per heavy atom. The van der Waals surface area contributed by atoms with E-state index in [0.29, 0.717) is 32.2 Å². The highest BCUT2D eigenvalue weighted by molar-refractivity contribution is 5.90. The van der Waals surface area contributed by atoms with Crippen molar-refractivity contribution in [1.29, 1.82) is 0 Å². The van der Waals surface area contributed by atoms with Gasteiger partial charge >= 0.3 is 0 Å². The van der Waals surface area contributed by atoms with Crippen molar-refractivity contribution in [3.05, 3.63) is 72.6 Å². The lowest BCUT2D eigenvalue weighted by Crippen LogP contribution is -2.41. The van der Waals surface area contributed by atoms with Gasteiger partial charge in [0.2, 0.25) is 0 Å². The van der Waals surface area contributed by atoms with E-state index < -0.39 is 0 Å². The fourth-order valence-electron chi connectivity index (χ4n) is 4.54. The van der Waals surface area contributed by atoms with Gasteiger partial charge in [-0.05, 0) is 48.9 Å². The predicted molar refractivity (Wildman–Crippen MR) is 141 cm³/mol. The Labute approximate surface area is 211 Å². The van der Waals surface area contributed by atoms with Gasteiger partial charge in [-0.2, -0.15) is 0 Å². The molecule has 1 saturated heterocycles. The summed E-state index contributed by atoms with van der Waals surface area (Å²) in [5.74, 6) is 2.94. The fourth-order valence-corrected chi connectivity index (χ4v) is 4.54. The van der Waals surface area contributed by atoms with E-state index >= 15 is 0 Å². The Bertz CT molecular complexity index is 1300. The average Bonchev–Trinajstić information content (AvgIpc) is 2.94. The van der Waals surface area contributed by atoms with Crippen LogP contribution in [-0.4, -0.2) is 66.4 Å². The second-order valence-corrected chi connectivity index (χ2v) is 8.54. The molecule has 8 nitrogen and oxygen atoms in total. The largest absolute Gasteiger partial charge is 0.493 e. The molecule has 5 rings (SSSR count). The molecule has 0 aliphatic carbocycles. The minimum Gasteiger partial charge on any atom is -0.493 e. The summed E-state index contributed by atoms with van der Waals surface area (Å²) in [6.45, 7) is 6.35. The highest BCUT2D eigenvalue weighted by atomic mass is 16.5. The average molecular weight is 486 g/mol. The van der Waals surface area contributed by atoms with Crippen LogP contribution in [-0.2, 0) is 4.74 Å². The molecular weight excluding hydrogens is 454 g/mol. The van der Waals surface area contributed by atoms with Crippen LogP contribution in [0.25, 0.3) is 22.3 Å². The van der Waals surface area contributed by atoms with E-state index in [1.54, 1.807) is 19.5 Å². The summed E-state index contributed by atoms with van der Waals surface area (Å²) in [6.07, 6.45) is 3.54. The molecule has 0 spiro atoms. The van der Waals surface area contributed by atoms with Crippen LogP contribution < -0.4 is 14.8 Å². The highest BCUT2D eigenvalue weighted by Gasteiger charge is 2.24. The van der Waals surface area contributed by atoms with Crippen molar-refractivity contribution in [3.63, 3.8) is 0 Å². The molecule has 3 heterocycles. The van der Waals surface area contributed by atoms with Crippen molar-refractivity contribution >= 4 is 16.7 Å². The first kappa shape index (κ1) is 24.0. The third-order valence-electron chi connectivity index (χ3n) is 6.34. The molecule has 1 aliphatic rings. The molecule has 1 unspecified atom stereocenters. The SMILES string of the molecule is CCOc1ccc(C(CNc2nc(-c3cccnc3)nc3ccccc23)N2CCOCC2)cc1OC. The molecule has 1 aliphatic heterocycles. The molecule has 1 fully saturated rings. The maximum atomic E-state index is 5.74. The van der Waals surface area contributed by atoms with Gasteiger partial charge in [0.1, 0.15) is 5.82 Å². The van der Waals surface area contributed by atoms with Crippen LogP contribution in [0.2, 0.25) is 0 Å². The number of anilines is 1. The second kappa shape index (κ2) is 11.3. The monoisotopic (exact) mass is 485 g/mol. The Balaban J connectivity index is 1.49. The highest BCUT2D eigenvalue weighted by Crippen LogP contribution is 2.33. The van der Waals surface area contributed by atoms with Gasteiger partial charge in [0.05, 0.1) is 38.5 Å². The molecule has 8 heteroatoms. The molecule has 2 aromatic heterocycles. The lowest BCUT2D eigenvalue weighted by molar-refractivity contribution is 0.0186. The fraction of sp³-hybridized carbons (Fsp3) is 0.321. The van der Waals surface area contributed by atoms with E-state index in [1.165, 1.54) is 0 Å². The van der Waals surface area contributed by atoms with Crippen molar-refractivity contribution in [1.82, 2.24) is 19.9 Å². The number of pyridine rings is 1. The van der Waals surface area contributed by atoms with Gasteiger partial charge in [0, 0.05) is 43.0 Å². The number of benzene rings is 2. The van der Waals surface area contributed by atoms with Crippen LogP contribution >= 0.6 is 0 Å². The van der Waals surface area contributed by atoms with Gasteiger partial charge in [0.15, 0.2) is 17.3 Å². The van der Waals surface area contributed by atoms with E-state index in [9.17, 15) is 0 Å². The summed E-state index contributed by atoms with van der Waals surface area (Å²) >= 11 is 0. The summed E-state index contributed by atoms with van der Waals surface area (Å²) < 4.78 is 17.0. The molecular formula is C28H31N5O3. The number of methoxy groups -OCH3 is 1. The summed E-state index contributed by atoms with van der Waals surface area (Å²) in [5, 5.41) is 4.63. The van der Waals surface area contributed by atoms with Gasteiger partial charge in [-0.1, -0.05) is 18.2 Å². The van der Waals surface area contributed by atoms with Crippen molar-refractivity contribution in [2.45, 2.75) is 13.0 Å². The van der Waals surface area contributed by atoms with Crippen LogP contribution in [0.3, 0.4) is 0 Å². The maximum absolute atomic E-state index is 5.74.